The Morgan fingerprint density at radius 2 is 1.94 bits per heavy atom. The maximum Gasteiger partial charge on any atom is 0.251 e. The molecule has 0 saturated heterocycles. The van der Waals surface area contributed by atoms with Crippen LogP contribution in [0, 0.1) is 0 Å². The second-order valence-electron chi connectivity index (χ2n) is 3.32. The Balaban J connectivity index is 2.71. The molecule has 1 amide bonds. The van der Waals surface area contributed by atoms with Crippen molar-refractivity contribution in [3.8, 4) is 0 Å². The van der Waals surface area contributed by atoms with Crippen molar-refractivity contribution in [1.82, 2.24) is 5.32 Å². The zero-order valence-electron chi connectivity index (χ0n) is 9.34. The van der Waals surface area contributed by atoms with Crippen LogP contribution in [0.2, 0.25) is 0 Å². The fourth-order valence-electron chi connectivity index (χ4n) is 1.16. The van der Waals surface area contributed by atoms with Crippen LogP contribution in [0.5, 0.6) is 0 Å². The highest BCUT2D eigenvalue weighted by atomic mass is 32.2. The first-order valence-electron chi connectivity index (χ1n) is 4.85. The number of rotatable bonds is 5. The van der Waals surface area contributed by atoms with Gasteiger partial charge in [-0.1, -0.05) is 0 Å². The number of primary sulfonamides is 1. The van der Waals surface area contributed by atoms with Gasteiger partial charge in [-0.3, -0.25) is 4.79 Å². The third kappa shape index (κ3) is 4.14. The molecule has 0 aliphatic heterocycles. The lowest BCUT2D eigenvalue weighted by molar-refractivity contribution is 0.0937. The van der Waals surface area contributed by atoms with Crippen molar-refractivity contribution in [3.05, 3.63) is 29.8 Å². The molecule has 1 aromatic carbocycles. The molecule has 0 fully saturated rings. The van der Waals surface area contributed by atoms with Crippen LogP contribution in [0.3, 0.4) is 0 Å². The van der Waals surface area contributed by atoms with Crippen LogP contribution in [0.25, 0.3) is 0 Å². The van der Waals surface area contributed by atoms with Gasteiger partial charge in [0.1, 0.15) is 0 Å². The minimum atomic E-state index is -3.72. The fraction of sp³-hybridized carbons (Fsp3) is 0.300. The van der Waals surface area contributed by atoms with Gasteiger partial charge in [-0.15, -0.1) is 0 Å². The van der Waals surface area contributed by atoms with Gasteiger partial charge >= 0.3 is 0 Å². The molecule has 1 rings (SSSR count). The highest BCUT2D eigenvalue weighted by Gasteiger charge is 2.09. The van der Waals surface area contributed by atoms with Crippen molar-refractivity contribution in [2.75, 3.05) is 20.3 Å². The lowest BCUT2D eigenvalue weighted by atomic mass is 10.2. The van der Waals surface area contributed by atoms with Crippen molar-refractivity contribution < 1.29 is 17.9 Å². The summed E-state index contributed by atoms with van der Waals surface area (Å²) in [7, 11) is -2.18. The van der Waals surface area contributed by atoms with Gasteiger partial charge in [-0.05, 0) is 24.3 Å². The smallest absolute Gasteiger partial charge is 0.251 e. The fourth-order valence-corrected chi connectivity index (χ4v) is 1.68. The molecule has 0 aliphatic rings. The molecule has 6 nitrogen and oxygen atoms in total. The van der Waals surface area contributed by atoms with Gasteiger partial charge in [-0.2, -0.15) is 0 Å². The van der Waals surface area contributed by atoms with Crippen LogP contribution in [-0.4, -0.2) is 34.6 Å². The zero-order valence-corrected chi connectivity index (χ0v) is 10.2. The molecule has 0 radical (unpaired) electrons. The second kappa shape index (κ2) is 5.76. The summed E-state index contributed by atoms with van der Waals surface area (Å²) in [6.07, 6.45) is 0. The highest BCUT2D eigenvalue weighted by Crippen LogP contribution is 2.08. The van der Waals surface area contributed by atoms with E-state index in [0.29, 0.717) is 18.7 Å². The Morgan fingerprint density at radius 1 is 1.35 bits per heavy atom. The van der Waals surface area contributed by atoms with Gasteiger partial charge in [-0.25, -0.2) is 13.6 Å². The van der Waals surface area contributed by atoms with E-state index in [2.05, 4.69) is 5.32 Å². The van der Waals surface area contributed by atoms with E-state index in [-0.39, 0.29) is 10.8 Å². The number of nitrogens with one attached hydrogen (secondary N) is 1. The summed E-state index contributed by atoms with van der Waals surface area (Å²) in [4.78, 5) is 11.5. The minimum absolute atomic E-state index is 0.0223. The molecule has 0 aromatic heterocycles. The number of nitrogens with two attached hydrogens (primary N) is 1. The summed E-state index contributed by atoms with van der Waals surface area (Å²) in [5.74, 6) is -0.289. The van der Waals surface area contributed by atoms with Crippen LogP contribution >= 0.6 is 0 Å². The monoisotopic (exact) mass is 258 g/mol. The average Bonchev–Trinajstić information content (AvgIpc) is 2.28. The Morgan fingerprint density at radius 3 is 2.41 bits per heavy atom. The normalized spacial score (nSPS) is 11.2. The number of hydrogen-bond donors (Lipinski definition) is 2. The van der Waals surface area contributed by atoms with Crippen molar-refractivity contribution in [3.63, 3.8) is 0 Å². The van der Waals surface area contributed by atoms with Crippen LogP contribution in [0.4, 0.5) is 0 Å². The van der Waals surface area contributed by atoms with Crippen LogP contribution in [0.15, 0.2) is 29.2 Å². The quantitative estimate of drug-likeness (QED) is 0.709. The first kappa shape index (κ1) is 13.6. The van der Waals surface area contributed by atoms with E-state index < -0.39 is 10.0 Å². The van der Waals surface area contributed by atoms with Gasteiger partial charge in [0.25, 0.3) is 5.91 Å². The van der Waals surface area contributed by atoms with E-state index in [4.69, 9.17) is 9.88 Å². The summed E-state index contributed by atoms with van der Waals surface area (Å²) < 4.78 is 26.8. The van der Waals surface area contributed by atoms with Crippen molar-refractivity contribution >= 4 is 15.9 Å². The predicted octanol–water partition coefficient (Wildman–Crippen LogP) is -0.290. The molecular weight excluding hydrogens is 244 g/mol. The van der Waals surface area contributed by atoms with Crippen LogP contribution in [-0.2, 0) is 14.8 Å². The molecule has 3 N–H and O–H groups in total. The van der Waals surface area contributed by atoms with E-state index in [9.17, 15) is 13.2 Å². The summed E-state index contributed by atoms with van der Waals surface area (Å²) in [5, 5.41) is 7.55. The number of carbonyl (C=O) groups excluding carboxylic acids is 1. The van der Waals surface area contributed by atoms with Crippen molar-refractivity contribution in [2.45, 2.75) is 4.90 Å². The zero-order chi connectivity index (χ0) is 12.9. The first-order valence-corrected chi connectivity index (χ1v) is 6.40. The lowest BCUT2D eigenvalue weighted by Gasteiger charge is -2.05. The molecule has 0 atom stereocenters. The minimum Gasteiger partial charge on any atom is -0.383 e. The number of hydrogen-bond acceptors (Lipinski definition) is 4. The Bertz CT molecular complexity index is 482. The largest absolute Gasteiger partial charge is 0.383 e. The molecule has 7 heteroatoms. The van der Waals surface area contributed by atoms with Gasteiger partial charge in [0.15, 0.2) is 0 Å². The summed E-state index contributed by atoms with van der Waals surface area (Å²) in [5.41, 5.74) is 0.369. The molecule has 0 aliphatic carbocycles. The molecular formula is C10H14N2O4S. The number of ether oxygens (including phenoxy) is 1. The molecule has 0 saturated carbocycles. The third-order valence-electron chi connectivity index (χ3n) is 2.04. The van der Waals surface area contributed by atoms with Crippen LogP contribution in [0.1, 0.15) is 10.4 Å². The standard InChI is InChI=1S/C10H14N2O4S/c1-16-7-6-12-10(13)8-2-4-9(5-3-8)17(11,14)15/h2-5H,6-7H2,1H3,(H,12,13)(H2,11,14,15). The number of methoxy groups -OCH3 is 1. The summed E-state index contributed by atoms with van der Waals surface area (Å²) >= 11 is 0. The van der Waals surface area contributed by atoms with E-state index in [0.717, 1.165) is 0 Å². The van der Waals surface area contributed by atoms with E-state index in [1.165, 1.54) is 31.4 Å². The Labute approximate surface area is 99.8 Å². The van der Waals surface area contributed by atoms with E-state index in [1.807, 2.05) is 0 Å². The SMILES string of the molecule is COCCNC(=O)c1ccc(S(N)(=O)=O)cc1. The topological polar surface area (TPSA) is 98.5 Å². The maximum absolute atomic E-state index is 11.5. The molecule has 0 bridgehead atoms. The first-order chi connectivity index (χ1) is 7.95. The van der Waals surface area contributed by atoms with Crippen molar-refractivity contribution in [1.29, 1.82) is 0 Å². The van der Waals surface area contributed by atoms with Gasteiger partial charge in [0, 0.05) is 19.2 Å². The van der Waals surface area contributed by atoms with Crippen LogP contribution < -0.4 is 10.5 Å². The third-order valence-corrected chi connectivity index (χ3v) is 2.97. The molecule has 94 valence electrons. The Kier molecular flexibility index (Phi) is 4.62. The summed E-state index contributed by atoms with van der Waals surface area (Å²) in [6, 6.07) is 5.39. The highest BCUT2D eigenvalue weighted by molar-refractivity contribution is 7.89. The molecule has 17 heavy (non-hydrogen) atoms. The second-order valence-corrected chi connectivity index (χ2v) is 4.88. The summed E-state index contributed by atoms with van der Waals surface area (Å²) in [6.45, 7) is 0.813. The number of amides is 1. The molecule has 1 aromatic rings. The van der Waals surface area contributed by atoms with Gasteiger partial charge < -0.3 is 10.1 Å². The van der Waals surface area contributed by atoms with E-state index in [1.54, 1.807) is 0 Å². The number of sulfonamides is 1. The number of carbonyl (C=O) groups is 1. The van der Waals surface area contributed by atoms with Crippen molar-refractivity contribution in [2.24, 2.45) is 5.14 Å². The van der Waals surface area contributed by atoms with E-state index >= 15 is 0 Å². The predicted molar refractivity (Wildman–Crippen MR) is 62.0 cm³/mol. The van der Waals surface area contributed by atoms with Gasteiger partial charge in [0.2, 0.25) is 10.0 Å². The molecule has 0 unspecified atom stereocenters. The average molecular weight is 258 g/mol. The molecule has 0 heterocycles. The maximum atomic E-state index is 11.5. The number of benzene rings is 1. The lowest BCUT2D eigenvalue weighted by Crippen LogP contribution is -2.26. The Hall–Kier alpha value is -1.44. The molecule has 0 spiro atoms. The van der Waals surface area contributed by atoms with Gasteiger partial charge in [0.05, 0.1) is 11.5 Å².